The van der Waals surface area contributed by atoms with Crippen LogP contribution in [-0.4, -0.2) is 4.68 Å². The van der Waals surface area contributed by atoms with Crippen molar-refractivity contribution in [3.63, 3.8) is 0 Å². The fourth-order valence-electron chi connectivity index (χ4n) is 0.513. The number of hydrogen-bond donors (Lipinski definition) is 0. The Morgan fingerprint density at radius 1 is 1.36 bits per heavy atom. The minimum absolute atomic E-state index is 0.715. The van der Waals surface area contributed by atoms with Crippen LogP contribution in [0.5, 0.6) is 0 Å². The van der Waals surface area contributed by atoms with E-state index in [1.807, 2.05) is 24.3 Å². The molecule has 0 radical (unpaired) electrons. The van der Waals surface area contributed by atoms with E-state index in [0.29, 0.717) is 5.56 Å². The van der Waals surface area contributed by atoms with Gasteiger partial charge >= 0.3 is 29.3 Å². The summed E-state index contributed by atoms with van der Waals surface area (Å²) >= 11 is 0.991. The van der Waals surface area contributed by atoms with Crippen LogP contribution in [0, 0.1) is 11.3 Å². The Bertz CT molecular complexity index is 240. The van der Waals surface area contributed by atoms with Crippen molar-refractivity contribution in [1.29, 1.82) is 5.26 Å². The van der Waals surface area contributed by atoms with E-state index in [9.17, 15) is 0 Å². The van der Waals surface area contributed by atoms with Gasteiger partial charge in [0.15, 0.2) is 0 Å². The summed E-state index contributed by atoms with van der Waals surface area (Å²) in [7, 11) is 0. The third kappa shape index (κ3) is 5.51. The molecule has 0 unspecified atom stereocenters. The van der Waals surface area contributed by atoms with Crippen LogP contribution in [0.15, 0.2) is 30.3 Å². The van der Waals surface area contributed by atoms with Gasteiger partial charge in [-0.3, -0.25) is 0 Å². The molecule has 0 heterocycles. The van der Waals surface area contributed by atoms with Crippen LogP contribution in [0.1, 0.15) is 5.56 Å². The van der Waals surface area contributed by atoms with Crippen LogP contribution in [0.25, 0.3) is 0 Å². The van der Waals surface area contributed by atoms with Gasteiger partial charge in [0.05, 0.1) is 11.6 Å². The van der Waals surface area contributed by atoms with E-state index in [-0.39, 0.29) is 0 Å². The molecular formula is C8H6NOW. The zero-order valence-electron chi connectivity index (χ0n) is 5.73. The molecule has 0 fully saturated rings. The fraction of sp³-hybridized carbons (Fsp3) is 0. The van der Waals surface area contributed by atoms with Crippen LogP contribution in [-0.2, 0) is 24.6 Å². The molecule has 3 heteroatoms. The van der Waals surface area contributed by atoms with Crippen molar-refractivity contribution in [3.05, 3.63) is 35.9 Å². The summed E-state index contributed by atoms with van der Waals surface area (Å²) in [4.78, 5) is 8.84. The number of rotatable bonds is 0. The van der Waals surface area contributed by atoms with Crippen molar-refractivity contribution < 1.29 is 24.6 Å². The van der Waals surface area contributed by atoms with Crippen molar-refractivity contribution in [2.45, 2.75) is 0 Å². The van der Waals surface area contributed by atoms with Crippen molar-refractivity contribution in [1.82, 2.24) is 0 Å². The molecular weight excluding hydrogens is 310 g/mol. The molecule has 0 amide bonds. The number of hydrogen-bond acceptors (Lipinski definition) is 2. The van der Waals surface area contributed by atoms with Crippen LogP contribution >= 0.6 is 0 Å². The van der Waals surface area contributed by atoms with E-state index in [1.165, 1.54) is 0 Å². The molecule has 0 bridgehead atoms. The number of carbonyl (C=O) groups is 1. The Balaban J connectivity index is 0.000000292. The molecule has 0 saturated carbocycles. The van der Waals surface area contributed by atoms with Gasteiger partial charge in [-0.15, -0.1) is 0 Å². The molecule has 0 saturated heterocycles. The van der Waals surface area contributed by atoms with Gasteiger partial charge in [-0.05, 0) is 12.1 Å². The molecule has 0 spiro atoms. The van der Waals surface area contributed by atoms with E-state index in [4.69, 9.17) is 10.1 Å². The fourth-order valence-corrected chi connectivity index (χ4v) is 0.513. The van der Waals surface area contributed by atoms with Gasteiger partial charge in [0, 0.05) is 0 Å². The SMILES string of the molecule is N#Cc1ccccc1.O=[CH][W]. The van der Waals surface area contributed by atoms with Gasteiger partial charge in [0.1, 0.15) is 0 Å². The second-order valence-electron chi connectivity index (χ2n) is 1.57. The molecule has 2 nitrogen and oxygen atoms in total. The monoisotopic (exact) mass is 316 g/mol. The second kappa shape index (κ2) is 7.18. The Labute approximate surface area is 76.7 Å². The van der Waals surface area contributed by atoms with Gasteiger partial charge in [-0.25, -0.2) is 0 Å². The maximum absolute atomic E-state index is 8.84. The summed E-state index contributed by atoms with van der Waals surface area (Å²) in [6, 6.07) is 11.2. The molecule has 1 rings (SSSR count). The van der Waals surface area contributed by atoms with E-state index < -0.39 is 0 Å². The number of nitrogens with zero attached hydrogens (tertiary/aromatic N) is 1. The Kier molecular flexibility index (Phi) is 6.57. The first-order valence-electron chi connectivity index (χ1n) is 2.86. The summed E-state index contributed by atoms with van der Waals surface area (Å²) in [5, 5.41) is 8.29. The zero-order valence-corrected chi connectivity index (χ0v) is 8.66. The van der Waals surface area contributed by atoms with Crippen molar-refractivity contribution in [2.75, 3.05) is 0 Å². The molecule has 0 aromatic heterocycles. The van der Waals surface area contributed by atoms with E-state index in [1.54, 1.807) is 12.1 Å². The predicted molar refractivity (Wildman–Crippen MR) is 37.9 cm³/mol. The number of nitriles is 1. The van der Waals surface area contributed by atoms with E-state index in [0.717, 1.165) is 24.5 Å². The summed E-state index contributed by atoms with van der Waals surface area (Å²) in [5.41, 5.74) is 0.715. The second-order valence-corrected chi connectivity index (χ2v) is 2.27. The van der Waals surface area contributed by atoms with Gasteiger partial charge < -0.3 is 0 Å². The Morgan fingerprint density at radius 3 is 2.09 bits per heavy atom. The maximum atomic E-state index is 8.84. The Morgan fingerprint density at radius 2 is 1.82 bits per heavy atom. The third-order valence-corrected chi connectivity index (χ3v) is 0.903. The average Bonchev–Trinajstić information content (AvgIpc) is 2.08. The quantitative estimate of drug-likeness (QED) is 0.677. The topological polar surface area (TPSA) is 40.9 Å². The normalized spacial score (nSPS) is 6.82. The van der Waals surface area contributed by atoms with Gasteiger partial charge in [0.2, 0.25) is 0 Å². The molecule has 0 atom stereocenters. The van der Waals surface area contributed by atoms with Crippen molar-refractivity contribution in [3.8, 4) is 6.07 Å². The standard InChI is InChI=1S/C7H5N.CHO.W/c8-6-7-4-2-1-3-5-7;1-2;/h1-5H;1H;. The summed E-state index contributed by atoms with van der Waals surface area (Å²) < 4.78 is 0.833. The summed E-state index contributed by atoms with van der Waals surface area (Å²) in [6.07, 6.45) is 0. The summed E-state index contributed by atoms with van der Waals surface area (Å²) in [6.45, 7) is 0. The first-order valence-corrected chi connectivity index (χ1v) is 4.55. The summed E-state index contributed by atoms with van der Waals surface area (Å²) in [5.74, 6) is 0. The predicted octanol–water partition coefficient (Wildman–Crippen LogP) is 1.28. The van der Waals surface area contributed by atoms with Gasteiger partial charge in [-0.1, -0.05) is 18.2 Å². The molecule has 55 valence electrons. The van der Waals surface area contributed by atoms with Crippen LogP contribution in [0.4, 0.5) is 0 Å². The van der Waals surface area contributed by atoms with Crippen LogP contribution < -0.4 is 0 Å². The van der Waals surface area contributed by atoms with Crippen molar-refractivity contribution >= 4 is 4.68 Å². The first-order chi connectivity index (χ1) is 5.35. The minimum atomic E-state index is 0.715. The van der Waals surface area contributed by atoms with Gasteiger partial charge in [-0.2, -0.15) is 5.26 Å². The molecule has 1 aromatic rings. The molecule has 0 aliphatic carbocycles. The first kappa shape index (κ1) is 10.1. The molecule has 0 aliphatic heterocycles. The molecule has 1 aromatic carbocycles. The van der Waals surface area contributed by atoms with Gasteiger partial charge in [0.25, 0.3) is 0 Å². The van der Waals surface area contributed by atoms with Crippen molar-refractivity contribution in [2.24, 2.45) is 0 Å². The van der Waals surface area contributed by atoms with E-state index >= 15 is 0 Å². The molecule has 11 heavy (non-hydrogen) atoms. The number of carbonyl (C=O) groups excluding carboxylic acids is 1. The molecule has 0 N–H and O–H groups in total. The van der Waals surface area contributed by atoms with E-state index in [2.05, 4.69) is 0 Å². The Hall–Kier alpha value is -0.932. The number of benzene rings is 1. The zero-order chi connectivity index (χ0) is 8.53. The third-order valence-electron chi connectivity index (χ3n) is 0.903. The van der Waals surface area contributed by atoms with Crippen LogP contribution in [0.2, 0.25) is 0 Å². The van der Waals surface area contributed by atoms with Crippen LogP contribution in [0.3, 0.4) is 0 Å². The average molecular weight is 316 g/mol. The molecule has 0 aliphatic rings.